The van der Waals surface area contributed by atoms with Crippen molar-refractivity contribution in [3.05, 3.63) is 0 Å². The summed E-state index contributed by atoms with van der Waals surface area (Å²) in [7, 11) is 6.47. The van der Waals surface area contributed by atoms with Gasteiger partial charge in [0.15, 0.2) is 0 Å². The van der Waals surface area contributed by atoms with Crippen LogP contribution in [0.15, 0.2) is 0 Å². The number of rotatable bonds is 21. The molecule has 2 amide bonds. The van der Waals surface area contributed by atoms with Gasteiger partial charge >= 0.3 is 17.6 Å². The Bertz CT molecular complexity index is 613. The molecule has 0 heterocycles. The van der Waals surface area contributed by atoms with E-state index in [4.69, 9.17) is 31.7 Å². The van der Waals surface area contributed by atoms with E-state index in [0.717, 1.165) is 47.9 Å². The first-order valence-corrected chi connectivity index (χ1v) is 18.7. The number of carbonyl (C=O) groups is 2. The molecule has 228 valence electrons. The molecule has 0 spiro atoms. The normalized spacial score (nSPS) is 12.9. The van der Waals surface area contributed by atoms with E-state index in [0.29, 0.717) is 0 Å². The molecule has 0 fully saturated rings. The smallest absolute Gasteiger partial charge is 0.377 e. The van der Waals surface area contributed by atoms with Crippen molar-refractivity contribution in [3.63, 3.8) is 0 Å². The summed E-state index contributed by atoms with van der Waals surface area (Å²) in [5.74, 6) is 3.26. The monoisotopic (exact) mass is 620 g/mol. The fraction of sp³-hybridized carbons (Fsp3) is 0.913. The summed E-state index contributed by atoms with van der Waals surface area (Å²) < 4.78 is 32.1. The highest BCUT2D eigenvalue weighted by Gasteiger charge is 2.37. The number of hydrogen-bond acceptors (Lipinski definition) is 11. The number of hydrogen-bond donors (Lipinski definition) is 3. The van der Waals surface area contributed by atoms with Gasteiger partial charge in [0.2, 0.25) is 11.8 Å². The van der Waals surface area contributed by atoms with Crippen molar-refractivity contribution in [2.45, 2.75) is 45.7 Å². The van der Waals surface area contributed by atoms with Gasteiger partial charge in [0.1, 0.15) is 6.73 Å². The van der Waals surface area contributed by atoms with E-state index in [1.165, 1.54) is 0 Å². The summed E-state index contributed by atoms with van der Waals surface area (Å²) >= 11 is 3.47. The van der Waals surface area contributed by atoms with E-state index in [2.05, 4.69) is 10.6 Å². The van der Waals surface area contributed by atoms with E-state index in [1.54, 1.807) is 73.2 Å². The zero-order valence-corrected chi connectivity index (χ0v) is 28.6. The Morgan fingerprint density at radius 3 is 1.63 bits per heavy atom. The second-order valence-corrected chi connectivity index (χ2v) is 17.4. The molecule has 38 heavy (non-hydrogen) atoms. The third-order valence-electron chi connectivity index (χ3n) is 5.78. The van der Waals surface area contributed by atoms with Gasteiger partial charge in [-0.15, -0.1) is 0 Å². The van der Waals surface area contributed by atoms with Crippen molar-refractivity contribution in [2.24, 2.45) is 11.3 Å². The minimum Gasteiger partial charge on any atom is -0.377 e. The fourth-order valence-electron chi connectivity index (χ4n) is 3.21. The van der Waals surface area contributed by atoms with Gasteiger partial charge in [0, 0.05) is 79.2 Å². The van der Waals surface area contributed by atoms with Crippen LogP contribution in [0.2, 0.25) is 12.1 Å². The third-order valence-corrected chi connectivity index (χ3v) is 14.3. The fourth-order valence-corrected chi connectivity index (χ4v) is 9.32. The van der Waals surface area contributed by atoms with E-state index in [-0.39, 0.29) is 29.9 Å². The molecule has 0 aromatic rings. The molecule has 1 unspecified atom stereocenters. The molecule has 0 saturated heterocycles. The van der Waals surface area contributed by atoms with E-state index in [1.807, 2.05) is 20.8 Å². The van der Waals surface area contributed by atoms with Gasteiger partial charge in [0.05, 0.1) is 5.41 Å². The number of carbonyl (C=O) groups excluding carboxylic acids is 2. The van der Waals surface area contributed by atoms with E-state index >= 15 is 0 Å². The zero-order chi connectivity index (χ0) is 29.7. The average molecular weight is 621 g/mol. The van der Waals surface area contributed by atoms with Crippen LogP contribution in [-0.4, -0.2) is 114 Å². The molecule has 0 rings (SSSR count). The molecule has 0 aromatic heterocycles. The Hall–Kier alpha value is -0.206. The van der Waals surface area contributed by atoms with Crippen molar-refractivity contribution in [1.82, 2.24) is 10.6 Å². The SMILES string of the molecule is CNC(=O)C(C)(C)CSCCC[Si](OC)(OC)OC.CO[Si](CCCSCC(C)C(=O)NCO)(OC)OC. The predicted octanol–water partition coefficient (Wildman–Crippen LogP) is 2.45. The van der Waals surface area contributed by atoms with Gasteiger partial charge in [-0.05, 0) is 24.3 Å². The highest BCUT2D eigenvalue weighted by Crippen LogP contribution is 2.24. The molecule has 0 bridgehead atoms. The molecule has 15 heteroatoms. The van der Waals surface area contributed by atoms with Gasteiger partial charge in [-0.25, -0.2) is 0 Å². The van der Waals surface area contributed by atoms with Crippen LogP contribution in [0, 0.1) is 11.3 Å². The van der Waals surface area contributed by atoms with Crippen molar-refractivity contribution in [2.75, 3.05) is 79.4 Å². The second kappa shape index (κ2) is 22.5. The lowest BCUT2D eigenvalue weighted by molar-refractivity contribution is -0.127. The highest BCUT2D eigenvalue weighted by atomic mass is 32.2. The Balaban J connectivity index is 0. The van der Waals surface area contributed by atoms with Crippen LogP contribution in [0.3, 0.4) is 0 Å². The lowest BCUT2D eigenvalue weighted by Gasteiger charge is -2.25. The summed E-state index contributed by atoms with van der Waals surface area (Å²) in [6.45, 7) is 5.45. The van der Waals surface area contributed by atoms with E-state index < -0.39 is 17.6 Å². The number of amides is 2. The van der Waals surface area contributed by atoms with Crippen molar-refractivity contribution in [3.8, 4) is 0 Å². The molecule has 0 aliphatic rings. The standard InChI is InChI=1S/C12H27NO4SSi.C11H25NO5SSi/c1-12(2,11(14)13-3)10-18-8-7-9-19(15-4,16-5)17-6;1-10(11(14)12-9-13)8-18-6-5-7-19(15-2,16-3)17-4/h7-10H2,1-6H3,(H,13,14);10,13H,5-9H2,1-4H3,(H,12,14). The molecule has 0 aliphatic carbocycles. The quantitative estimate of drug-likeness (QED) is 0.0993. The van der Waals surface area contributed by atoms with Gasteiger partial charge in [-0.2, -0.15) is 23.5 Å². The molecule has 1 atom stereocenters. The maximum Gasteiger partial charge on any atom is 0.500 e. The van der Waals surface area contributed by atoms with Crippen LogP contribution < -0.4 is 10.6 Å². The summed E-state index contributed by atoms with van der Waals surface area (Å²) in [5, 5.41) is 13.7. The summed E-state index contributed by atoms with van der Waals surface area (Å²) in [5.41, 5.74) is -0.336. The topological polar surface area (TPSA) is 134 Å². The average Bonchev–Trinajstić information content (AvgIpc) is 2.93. The maximum absolute atomic E-state index is 11.6. The van der Waals surface area contributed by atoms with Crippen LogP contribution in [0.5, 0.6) is 0 Å². The molecule has 11 nitrogen and oxygen atoms in total. The molecule has 3 N–H and O–H groups in total. The number of aliphatic hydroxyl groups is 1. The first-order chi connectivity index (χ1) is 17.9. The molecule has 0 radical (unpaired) electrons. The zero-order valence-electron chi connectivity index (χ0n) is 25.0. The first kappa shape index (κ1) is 39.9. The Morgan fingerprint density at radius 1 is 0.842 bits per heavy atom. The summed E-state index contributed by atoms with van der Waals surface area (Å²) in [4.78, 5) is 23.0. The van der Waals surface area contributed by atoms with Crippen LogP contribution >= 0.6 is 23.5 Å². The predicted molar refractivity (Wildman–Crippen MR) is 159 cm³/mol. The van der Waals surface area contributed by atoms with E-state index in [9.17, 15) is 9.59 Å². The Labute approximate surface area is 240 Å². The molecule has 0 saturated carbocycles. The van der Waals surface area contributed by atoms with Crippen LogP contribution in [-0.2, 0) is 36.1 Å². The van der Waals surface area contributed by atoms with Crippen LogP contribution in [0.1, 0.15) is 33.6 Å². The maximum atomic E-state index is 11.6. The third kappa shape index (κ3) is 16.2. The van der Waals surface area contributed by atoms with Crippen LogP contribution in [0.4, 0.5) is 0 Å². The molecular formula is C23H52N2O9S2Si2. The molecular weight excluding hydrogens is 569 g/mol. The second-order valence-electron chi connectivity index (χ2n) is 8.99. The van der Waals surface area contributed by atoms with Crippen molar-refractivity contribution in [1.29, 1.82) is 0 Å². The largest absolute Gasteiger partial charge is 0.500 e. The lowest BCUT2D eigenvalue weighted by Crippen LogP contribution is -2.42. The van der Waals surface area contributed by atoms with Gasteiger partial charge in [-0.1, -0.05) is 20.8 Å². The lowest BCUT2D eigenvalue weighted by atomic mass is 9.95. The van der Waals surface area contributed by atoms with Gasteiger partial charge in [0.25, 0.3) is 0 Å². The van der Waals surface area contributed by atoms with Gasteiger partial charge in [-0.3, -0.25) is 9.59 Å². The minimum atomic E-state index is -2.45. The minimum absolute atomic E-state index is 0.0781. The summed E-state index contributed by atoms with van der Waals surface area (Å²) in [6.07, 6.45) is 1.87. The Kier molecular flexibility index (Phi) is 23.6. The van der Waals surface area contributed by atoms with Gasteiger partial charge < -0.3 is 42.3 Å². The highest BCUT2D eigenvalue weighted by molar-refractivity contribution is 7.99. The van der Waals surface area contributed by atoms with Crippen LogP contribution in [0.25, 0.3) is 0 Å². The van der Waals surface area contributed by atoms with Crippen molar-refractivity contribution < 1.29 is 41.3 Å². The number of nitrogens with one attached hydrogen (secondary N) is 2. The van der Waals surface area contributed by atoms with Crippen molar-refractivity contribution >= 4 is 52.9 Å². The Morgan fingerprint density at radius 2 is 1.26 bits per heavy atom. The first-order valence-electron chi connectivity index (χ1n) is 12.5. The molecule has 0 aliphatic heterocycles. The molecule has 0 aromatic carbocycles. The number of thioether (sulfide) groups is 2. The summed E-state index contributed by atoms with van der Waals surface area (Å²) in [6, 6.07) is 1.56. The number of aliphatic hydroxyl groups excluding tert-OH is 1.